The number of hydrogen-bond acceptors (Lipinski definition) is 2. The van der Waals surface area contributed by atoms with Crippen molar-refractivity contribution in [2.45, 2.75) is 6.92 Å². The smallest absolute Gasteiger partial charge is 0.264 e. The van der Waals surface area contributed by atoms with Gasteiger partial charge in [-0.25, -0.2) is 5.10 Å². The Hall–Kier alpha value is -1.38. The van der Waals surface area contributed by atoms with Gasteiger partial charge in [0.15, 0.2) is 0 Å². The van der Waals surface area contributed by atoms with Crippen LogP contribution in [0.25, 0.3) is 6.08 Å². The van der Waals surface area contributed by atoms with Crippen LogP contribution < -0.4 is 5.56 Å². The third-order valence-corrected chi connectivity index (χ3v) is 1.04. The first-order valence-electron chi connectivity index (χ1n) is 3.01. The van der Waals surface area contributed by atoms with Crippen LogP contribution >= 0.6 is 0 Å². The Labute approximate surface area is 58.4 Å². The Morgan fingerprint density at radius 1 is 1.60 bits per heavy atom. The fourth-order valence-corrected chi connectivity index (χ4v) is 0.619. The molecule has 0 spiro atoms. The molecule has 3 nitrogen and oxygen atoms in total. The average molecular weight is 136 g/mol. The molecule has 0 aliphatic heterocycles. The van der Waals surface area contributed by atoms with Crippen molar-refractivity contribution in [2.24, 2.45) is 0 Å². The van der Waals surface area contributed by atoms with Gasteiger partial charge in [-0.05, 0) is 19.1 Å². The van der Waals surface area contributed by atoms with Gasteiger partial charge in [0.1, 0.15) is 0 Å². The summed E-state index contributed by atoms with van der Waals surface area (Å²) in [5.74, 6) is 0. The number of aromatic nitrogens is 2. The molecule has 0 saturated heterocycles. The highest BCUT2D eigenvalue weighted by Gasteiger charge is 1.84. The van der Waals surface area contributed by atoms with Crippen LogP contribution in [0.3, 0.4) is 0 Å². The number of allylic oxidation sites excluding steroid dienone is 1. The third kappa shape index (κ3) is 1.55. The summed E-state index contributed by atoms with van der Waals surface area (Å²) in [7, 11) is 0. The molecule has 0 bridgehead atoms. The lowest BCUT2D eigenvalue weighted by molar-refractivity contribution is 0.977. The summed E-state index contributed by atoms with van der Waals surface area (Å²) in [6.07, 6.45) is 3.68. The molecule has 0 fully saturated rings. The van der Waals surface area contributed by atoms with E-state index < -0.39 is 0 Å². The molecule has 0 unspecified atom stereocenters. The van der Waals surface area contributed by atoms with E-state index in [9.17, 15) is 4.79 Å². The molecule has 0 aromatic carbocycles. The summed E-state index contributed by atoms with van der Waals surface area (Å²) in [5, 5.41) is 6.07. The molecular formula is C7H8N2O. The molecule has 0 atom stereocenters. The predicted octanol–water partition coefficient (Wildman–Crippen LogP) is 0.803. The standard InChI is InChI=1S/C7H8N2O/c1-2-3-6-4-5-7(10)9-8-6/h2-5H,1H3,(H,9,10)/b3-2+. The van der Waals surface area contributed by atoms with E-state index in [1.807, 2.05) is 19.1 Å². The van der Waals surface area contributed by atoms with Crippen molar-refractivity contribution >= 4 is 6.08 Å². The number of aromatic amines is 1. The van der Waals surface area contributed by atoms with Gasteiger partial charge in [0.2, 0.25) is 0 Å². The summed E-state index contributed by atoms with van der Waals surface area (Å²) < 4.78 is 0. The first-order chi connectivity index (χ1) is 4.83. The highest BCUT2D eigenvalue weighted by atomic mass is 16.1. The zero-order valence-electron chi connectivity index (χ0n) is 5.66. The van der Waals surface area contributed by atoms with Gasteiger partial charge in [-0.15, -0.1) is 0 Å². The lowest BCUT2D eigenvalue weighted by atomic mass is 10.3. The van der Waals surface area contributed by atoms with Crippen molar-refractivity contribution in [2.75, 3.05) is 0 Å². The van der Waals surface area contributed by atoms with Gasteiger partial charge in [0, 0.05) is 6.07 Å². The first-order valence-corrected chi connectivity index (χ1v) is 3.01. The van der Waals surface area contributed by atoms with E-state index >= 15 is 0 Å². The maximum Gasteiger partial charge on any atom is 0.264 e. The molecular weight excluding hydrogens is 128 g/mol. The molecule has 1 aromatic rings. The Morgan fingerprint density at radius 3 is 2.90 bits per heavy atom. The summed E-state index contributed by atoms with van der Waals surface area (Å²) in [6, 6.07) is 3.11. The van der Waals surface area contributed by atoms with Crippen molar-refractivity contribution < 1.29 is 0 Å². The van der Waals surface area contributed by atoms with E-state index in [4.69, 9.17) is 0 Å². The van der Waals surface area contributed by atoms with Gasteiger partial charge in [-0.1, -0.05) is 6.08 Å². The lowest BCUT2D eigenvalue weighted by Crippen LogP contribution is -2.05. The molecule has 1 heterocycles. The normalized spacial score (nSPS) is 10.5. The Morgan fingerprint density at radius 2 is 2.40 bits per heavy atom. The number of H-pyrrole nitrogens is 1. The summed E-state index contributed by atoms with van der Waals surface area (Å²) in [5.41, 5.74) is 0.593. The van der Waals surface area contributed by atoms with E-state index in [2.05, 4.69) is 10.2 Å². The second-order valence-corrected chi connectivity index (χ2v) is 1.85. The van der Waals surface area contributed by atoms with Crippen molar-refractivity contribution in [3.8, 4) is 0 Å². The van der Waals surface area contributed by atoms with Gasteiger partial charge in [-0.3, -0.25) is 4.79 Å². The summed E-state index contributed by atoms with van der Waals surface area (Å²) in [6.45, 7) is 1.90. The van der Waals surface area contributed by atoms with Crippen LogP contribution in [0.15, 0.2) is 23.0 Å². The molecule has 1 aromatic heterocycles. The van der Waals surface area contributed by atoms with Gasteiger partial charge >= 0.3 is 0 Å². The zero-order chi connectivity index (χ0) is 7.40. The molecule has 0 saturated carbocycles. The lowest BCUT2D eigenvalue weighted by Gasteiger charge is -1.86. The fraction of sp³-hybridized carbons (Fsp3) is 0.143. The van der Waals surface area contributed by atoms with Gasteiger partial charge < -0.3 is 0 Å². The second kappa shape index (κ2) is 2.96. The quantitative estimate of drug-likeness (QED) is 0.620. The van der Waals surface area contributed by atoms with E-state index in [0.29, 0.717) is 0 Å². The fourth-order valence-electron chi connectivity index (χ4n) is 0.619. The molecule has 0 radical (unpaired) electrons. The largest absolute Gasteiger partial charge is 0.268 e. The van der Waals surface area contributed by atoms with Crippen LogP contribution in [0.5, 0.6) is 0 Å². The number of rotatable bonds is 1. The van der Waals surface area contributed by atoms with E-state index in [1.165, 1.54) is 6.07 Å². The Kier molecular flexibility index (Phi) is 1.99. The van der Waals surface area contributed by atoms with Crippen LogP contribution in [0, 0.1) is 0 Å². The number of nitrogens with one attached hydrogen (secondary N) is 1. The maximum absolute atomic E-state index is 10.5. The summed E-state index contributed by atoms with van der Waals surface area (Å²) in [4.78, 5) is 10.5. The zero-order valence-corrected chi connectivity index (χ0v) is 5.66. The van der Waals surface area contributed by atoms with E-state index in [-0.39, 0.29) is 5.56 Å². The Balaban J connectivity index is 3.00. The van der Waals surface area contributed by atoms with Crippen molar-refractivity contribution in [3.63, 3.8) is 0 Å². The SMILES string of the molecule is C/C=C/c1ccc(=O)[nH]n1. The number of hydrogen-bond donors (Lipinski definition) is 1. The summed E-state index contributed by atoms with van der Waals surface area (Å²) >= 11 is 0. The topological polar surface area (TPSA) is 45.8 Å². The molecule has 1 rings (SSSR count). The van der Waals surface area contributed by atoms with Crippen LogP contribution in [0.2, 0.25) is 0 Å². The monoisotopic (exact) mass is 136 g/mol. The minimum absolute atomic E-state index is 0.173. The van der Waals surface area contributed by atoms with Gasteiger partial charge in [0.05, 0.1) is 5.69 Å². The first kappa shape index (κ1) is 6.74. The van der Waals surface area contributed by atoms with Crippen molar-refractivity contribution in [3.05, 3.63) is 34.3 Å². The third-order valence-electron chi connectivity index (χ3n) is 1.04. The van der Waals surface area contributed by atoms with Gasteiger partial charge in [-0.2, -0.15) is 5.10 Å². The van der Waals surface area contributed by atoms with Crippen molar-refractivity contribution in [1.82, 2.24) is 10.2 Å². The maximum atomic E-state index is 10.5. The molecule has 10 heavy (non-hydrogen) atoms. The minimum Gasteiger partial charge on any atom is -0.268 e. The highest BCUT2D eigenvalue weighted by molar-refractivity contribution is 5.42. The van der Waals surface area contributed by atoms with Crippen LogP contribution in [-0.2, 0) is 0 Å². The molecule has 3 heteroatoms. The van der Waals surface area contributed by atoms with Crippen LogP contribution in [0.1, 0.15) is 12.6 Å². The van der Waals surface area contributed by atoms with Crippen LogP contribution in [-0.4, -0.2) is 10.2 Å². The molecule has 0 aliphatic rings. The molecule has 0 aliphatic carbocycles. The second-order valence-electron chi connectivity index (χ2n) is 1.85. The minimum atomic E-state index is -0.173. The number of nitrogens with zero attached hydrogens (tertiary/aromatic N) is 1. The predicted molar refractivity (Wildman–Crippen MR) is 39.6 cm³/mol. The molecule has 1 N–H and O–H groups in total. The van der Waals surface area contributed by atoms with Crippen molar-refractivity contribution in [1.29, 1.82) is 0 Å². The molecule has 0 amide bonds. The van der Waals surface area contributed by atoms with Crippen LogP contribution in [0.4, 0.5) is 0 Å². The molecule has 52 valence electrons. The average Bonchev–Trinajstić information content (AvgIpc) is 1.95. The van der Waals surface area contributed by atoms with Gasteiger partial charge in [0.25, 0.3) is 5.56 Å². The Bertz CT molecular complexity index is 267. The van der Waals surface area contributed by atoms with E-state index in [0.717, 1.165) is 5.69 Å². The van der Waals surface area contributed by atoms with E-state index in [1.54, 1.807) is 6.07 Å². The highest BCUT2D eigenvalue weighted by Crippen LogP contribution is 1.90.